The van der Waals surface area contributed by atoms with Gasteiger partial charge < -0.3 is 15.5 Å². The number of rotatable bonds is 4. The normalized spacial score (nSPS) is 18.6. The average molecular weight is 288 g/mol. The van der Waals surface area contributed by atoms with Gasteiger partial charge in [0, 0.05) is 18.0 Å². The van der Waals surface area contributed by atoms with E-state index in [0.717, 1.165) is 29.8 Å². The second kappa shape index (κ2) is 6.02. The van der Waals surface area contributed by atoms with Gasteiger partial charge in [-0.15, -0.1) is 0 Å². The molecule has 0 atom stereocenters. The average Bonchev–Trinajstić information content (AvgIpc) is 2.77. The summed E-state index contributed by atoms with van der Waals surface area (Å²) in [7, 11) is 0. The van der Waals surface area contributed by atoms with Crippen LogP contribution in [0.1, 0.15) is 51.3 Å². The van der Waals surface area contributed by atoms with E-state index < -0.39 is 0 Å². The second-order valence-electron chi connectivity index (χ2n) is 5.94. The van der Waals surface area contributed by atoms with Crippen LogP contribution in [0.15, 0.2) is 12.1 Å². The number of imidazole rings is 1. The standard InChI is InChI=1S/C16H24N4O/c1-2-21-13-8-7-12-14(19-13)20-15(18-12)16(11-17)9-5-3-4-6-10-16/h7-8H,2-6,9-11,17H2,1H3,(H,18,19,20). The smallest absolute Gasteiger partial charge is 0.215 e. The van der Waals surface area contributed by atoms with E-state index >= 15 is 0 Å². The number of aromatic amines is 1. The molecule has 1 saturated carbocycles. The first-order valence-electron chi connectivity index (χ1n) is 7.97. The molecule has 1 aliphatic rings. The van der Waals surface area contributed by atoms with Crippen LogP contribution < -0.4 is 10.5 Å². The molecule has 21 heavy (non-hydrogen) atoms. The van der Waals surface area contributed by atoms with Crippen molar-refractivity contribution in [3.8, 4) is 5.88 Å². The van der Waals surface area contributed by atoms with Crippen molar-refractivity contribution in [1.82, 2.24) is 15.0 Å². The Bertz CT molecular complexity index is 599. The van der Waals surface area contributed by atoms with E-state index in [0.29, 0.717) is 19.0 Å². The quantitative estimate of drug-likeness (QED) is 0.848. The Labute approximate surface area is 125 Å². The molecule has 3 N–H and O–H groups in total. The van der Waals surface area contributed by atoms with Gasteiger partial charge in [0.2, 0.25) is 5.88 Å². The summed E-state index contributed by atoms with van der Waals surface area (Å²) >= 11 is 0. The molecule has 2 aromatic heterocycles. The van der Waals surface area contributed by atoms with Gasteiger partial charge in [0.15, 0.2) is 5.65 Å². The highest BCUT2D eigenvalue weighted by Crippen LogP contribution is 2.36. The molecule has 0 saturated heterocycles. The molecule has 5 heteroatoms. The van der Waals surface area contributed by atoms with Gasteiger partial charge in [-0.25, -0.2) is 4.98 Å². The molecule has 5 nitrogen and oxygen atoms in total. The molecular weight excluding hydrogens is 264 g/mol. The molecule has 0 amide bonds. The highest BCUT2D eigenvalue weighted by Gasteiger charge is 2.34. The monoisotopic (exact) mass is 288 g/mol. The van der Waals surface area contributed by atoms with E-state index in [-0.39, 0.29) is 5.41 Å². The van der Waals surface area contributed by atoms with E-state index in [1.165, 1.54) is 25.7 Å². The molecule has 1 fully saturated rings. The molecule has 0 spiro atoms. The van der Waals surface area contributed by atoms with Crippen molar-refractivity contribution in [2.75, 3.05) is 13.2 Å². The maximum absolute atomic E-state index is 6.13. The minimum absolute atomic E-state index is 0.0109. The minimum atomic E-state index is -0.0109. The number of H-pyrrole nitrogens is 1. The molecule has 3 rings (SSSR count). The van der Waals surface area contributed by atoms with Crippen LogP contribution in [-0.4, -0.2) is 28.1 Å². The van der Waals surface area contributed by atoms with E-state index in [9.17, 15) is 0 Å². The molecule has 0 radical (unpaired) electrons. The van der Waals surface area contributed by atoms with E-state index in [1.54, 1.807) is 0 Å². The van der Waals surface area contributed by atoms with E-state index in [1.807, 2.05) is 19.1 Å². The molecule has 0 aliphatic heterocycles. The first-order chi connectivity index (χ1) is 10.3. The van der Waals surface area contributed by atoms with Gasteiger partial charge in [0.05, 0.1) is 12.1 Å². The molecule has 1 aliphatic carbocycles. The summed E-state index contributed by atoms with van der Waals surface area (Å²) in [5.74, 6) is 1.63. The maximum Gasteiger partial charge on any atom is 0.215 e. The summed E-state index contributed by atoms with van der Waals surface area (Å²) in [4.78, 5) is 12.6. The Kier molecular flexibility index (Phi) is 4.10. The summed E-state index contributed by atoms with van der Waals surface area (Å²) in [5.41, 5.74) is 7.82. The zero-order chi connectivity index (χ0) is 14.7. The molecule has 0 unspecified atom stereocenters. The van der Waals surface area contributed by atoms with Gasteiger partial charge in [-0.2, -0.15) is 4.98 Å². The lowest BCUT2D eigenvalue weighted by atomic mass is 9.79. The van der Waals surface area contributed by atoms with Crippen LogP contribution in [0.4, 0.5) is 0 Å². The highest BCUT2D eigenvalue weighted by molar-refractivity contribution is 5.71. The Morgan fingerprint density at radius 1 is 1.19 bits per heavy atom. The lowest BCUT2D eigenvalue weighted by molar-refractivity contribution is 0.328. The van der Waals surface area contributed by atoms with Crippen LogP contribution in [0.5, 0.6) is 5.88 Å². The third-order valence-electron chi connectivity index (χ3n) is 4.57. The number of hydrogen-bond donors (Lipinski definition) is 2. The van der Waals surface area contributed by atoms with Crippen molar-refractivity contribution in [2.24, 2.45) is 5.73 Å². The van der Waals surface area contributed by atoms with Crippen LogP contribution in [0, 0.1) is 0 Å². The number of pyridine rings is 1. The Morgan fingerprint density at radius 2 is 1.95 bits per heavy atom. The van der Waals surface area contributed by atoms with Crippen LogP contribution in [0.3, 0.4) is 0 Å². The highest BCUT2D eigenvalue weighted by atomic mass is 16.5. The lowest BCUT2D eigenvalue weighted by Crippen LogP contribution is -2.35. The number of nitrogens with one attached hydrogen (secondary N) is 1. The van der Waals surface area contributed by atoms with Gasteiger partial charge in [-0.3, -0.25) is 0 Å². The third-order valence-corrected chi connectivity index (χ3v) is 4.57. The largest absolute Gasteiger partial charge is 0.478 e. The fourth-order valence-electron chi connectivity index (χ4n) is 3.30. The maximum atomic E-state index is 6.13. The molecule has 0 aromatic carbocycles. The summed E-state index contributed by atoms with van der Waals surface area (Å²) in [6.45, 7) is 3.21. The van der Waals surface area contributed by atoms with Crippen molar-refractivity contribution < 1.29 is 4.74 Å². The number of nitrogens with two attached hydrogens (primary N) is 1. The van der Waals surface area contributed by atoms with Crippen molar-refractivity contribution in [3.05, 3.63) is 18.0 Å². The predicted molar refractivity (Wildman–Crippen MR) is 83.5 cm³/mol. The van der Waals surface area contributed by atoms with Crippen LogP contribution in [0.2, 0.25) is 0 Å². The van der Waals surface area contributed by atoms with Gasteiger partial charge in [0.25, 0.3) is 0 Å². The van der Waals surface area contributed by atoms with Crippen molar-refractivity contribution in [2.45, 2.75) is 50.9 Å². The van der Waals surface area contributed by atoms with Crippen molar-refractivity contribution >= 4 is 11.2 Å². The molecule has 114 valence electrons. The van der Waals surface area contributed by atoms with Crippen LogP contribution in [0.25, 0.3) is 11.2 Å². The Balaban J connectivity index is 1.98. The van der Waals surface area contributed by atoms with Crippen LogP contribution >= 0.6 is 0 Å². The van der Waals surface area contributed by atoms with Crippen molar-refractivity contribution in [1.29, 1.82) is 0 Å². The fourth-order valence-corrected chi connectivity index (χ4v) is 3.30. The van der Waals surface area contributed by atoms with Crippen LogP contribution in [-0.2, 0) is 5.41 Å². The Hall–Kier alpha value is -1.62. The zero-order valence-electron chi connectivity index (χ0n) is 12.7. The van der Waals surface area contributed by atoms with E-state index in [4.69, 9.17) is 15.5 Å². The first-order valence-corrected chi connectivity index (χ1v) is 7.97. The first kappa shape index (κ1) is 14.3. The van der Waals surface area contributed by atoms with E-state index in [2.05, 4.69) is 9.97 Å². The Morgan fingerprint density at radius 3 is 2.62 bits per heavy atom. The SMILES string of the molecule is CCOc1ccc2[nH]c(C3(CN)CCCCCC3)nc2n1. The zero-order valence-corrected chi connectivity index (χ0v) is 12.7. The molecular formula is C16H24N4O. The summed E-state index contributed by atoms with van der Waals surface area (Å²) < 4.78 is 5.45. The predicted octanol–water partition coefficient (Wildman–Crippen LogP) is 2.91. The lowest BCUT2D eigenvalue weighted by Gasteiger charge is -2.28. The number of hydrogen-bond acceptors (Lipinski definition) is 4. The summed E-state index contributed by atoms with van der Waals surface area (Å²) in [6.07, 6.45) is 7.28. The third kappa shape index (κ3) is 2.75. The minimum Gasteiger partial charge on any atom is -0.478 e. The van der Waals surface area contributed by atoms with Gasteiger partial charge in [-0.05, 0) is 25.8 Å². The molecule has 0 bridgehead atoms. The van der Waals surface area contributed by atoms with Crippen molar-refractivity contribution in [3.63, 3.8) is 0 Å². The van der Waals surface area contributed by atoms with Gasteiger partial charge in [-0.1, -0.05) is 25.7 Å². The fraction of sp³-hybridized carbons (Fsp3) is 0.625. The summed E-state index contributed by atoms with van der Waals surface area (Å²) in [6, 6.07) is 3.88. The number of aromatic nitrogens is 3. The second-order valence-corrected chi connectivity index (χ2v) is 5.94. The topological polar surface area (TPSA) is 76.8 Å². The molecule has 2 aromatic rings. The van der Waals surface area contributed by atoms with Gasteiger partial charge >= 0.3 is 0 Å². The number of fused-ring (bicyclic) bond motifs is 1. The molecule has 2 heterocycles. The number of ether oxygens (including phenoxy) is 1. The summed E-state index contributed by atoms with van der Waals surface area (Å²) in [5, 5.41) is 0. The van der Waals surface area contributed by atoms with Gasteiger partial charge in [0.1, 0.15) is 5.82 Å². The number of nitrogens with zero attached hydrogens (tertiary/aromatic N) is 2.